The zero-order valence-electron chi connectivity index (χ0n) is 13.3. The summed E-state index contributed by atoms with van der Waals surface area (Å²) < 4.78 is 5.63. The molecule has 3 rings (SSSR count). The van der Waals surface area contributed by atoms with Crippen molar-refractivity contribution in [3.05, 3.63) is 35.5 Å². The van der Waals surface area contributed by atoms with Crippen LogP contribution in [0, 0.1) is 5.92 Å². The Morgan fingerprint density at radius 1 is 1.26 bits per heavy atom. The molecule has 6 heteroatoms. The average Bonchev–Trinajstić information content (AvgIpc) is 3.33. The molecule has 122 valence electrons. The monoisotopic (exact) mass is 332 g/mol. The maximum Gasteiger partial charge on any atom is 0.229 e. The van der Waals surface area contributed by atoms with E-state index in [-0.39, 0.29) is 6.10 Å². The normalized spacial score (nSPS) is 13.9. The molecule has 1 aliphatic carbocycles. The number of hydrogen-bond donors (Lipinski definition) is 2. The summed E-state index contributed by atoms with van der Waals surface area (Å²) in [6.07, 6.45) is 4.34. The maximum absolute atomic E-state index is 6.14. The van der Waals surface area contributed by atoms with E-state index in [1.165, 1.54) is 12.8 Å². The zero-order valence-corrected chi connectivity index (χ0v) is 14.1. The lowest BCUT2D eigenvalue weighted by molar-refractivity contribution is 0.242. The fourth-order valence-electron chi connectivity index (χ4n) is 2.13. The topological polar surface area (TPSA) is 59.1 Å². The molecule has 5 nitrogen and oxygen atoms in total. The molecular weight excluding hydrogens is 312 g/mol. The van der Waals surface area contributed by atoms with Crippen molar-refractivity contribution in [3.8, 4) is 5.75 Å². The van der Waals surface area contributed by atoms with Crippen LogP contribution < -0.4 is 15.4 Å². The highest BCUT2D eigenvalue weighted by molar-refractivity contribution is 6.32. The van der Waals surface area contributed by atoms with Crippen molar-refractivity contribution < 1.29 is 4.74 Å². The van der Waals surface area contributed by atoms with Gasteiger partial charge in [0.05, 0.1) is 12.3 Å². The van der Waals surface area contributed by atoms with Crippen LogP contribution in [-0.2, 0) is 0 Å². The van der Waals surface area contributed by atoms with Gasteiger partial charge in [-0.25, -0.2) is 4.98 Å². The van der Waals surface area contributed by atoms with E-state index in [0.717, 1.165) is 23.9 Å². The summed E-state index contributed by atoms with van der Waals surface area (Å²) in [6, 6.07) is 7.72. The second-order valence-electron chi connectivity index (χ2n) is 6.03. The highest BCUT2D eigenvalue weighted by Gasteiger charge is 2.21. The minimum Gasteiger partial charge on any atom is -0.491 e. The van der Waals surface area contributed by atoms with Crippen LogP contribution in [0.3, 0.4) is 0 Å². The van der Waals surface area contributed by atoms with Crippen LogP contribution in [-0.4, -0.2) is 22.6 Å². The van der Waals surface area contributed by atoms with Gasteiger partial charge in [0.1, 0.15) is 10.8 Å². The molecule has 1 heterocycles. The number of nitrogens with one attached hydrogen (secondary N) is 2. The summed E-state index contributed by atoms with van der Waals surface area (Å²) in [5.74, 6) is 2.79. The van der Waals surface area contributed by atoms with E-state index in [2.05, 4.69) is 20.6 Å². The molecule has 0 aliphatic heterocycles. The second kappa shape index (κ2) is 7.04. The summed E-state index contributed by atoms with van der Waals surface area (Å²) >= 11 is 6.14. The smallest absolute Gasteiger partial charge is 0.229 e. The Morgan fingerprint density at radius 2 is 2.00 bits per heavy atom. The Labute approximate surface area is 141 Å². The summed E-state index contributed by atoms with van der Waals surface area (Å²) in [4.78, 5) is 8.66. The van der Waals surface area contributed by atoms with Crippen molar-refractivity contribution in [1.82, 2.24) is 9.97 Å². The Balaban J connectivity index is 1.65. The third kappa shape index (κ3) is 4.73. The Kier molecular flexibility index (Phi) is 4.86. The molecule has 0 atom stereocenters. The molecule has 0 amide bonds. The van der Waals surface area contributed by atoms with Crippen molar-refractivity contribution >= 4 is 29.1 Å². The van der Waals surface area contributed by atoms with Crippen LogP contribution in [0.1, 0.15) is 26.7 Å². The molecule has 0 spiro atoms. The van der Waals surface area contributed by atoms with Crippen molar-refractivity contribution in [3.63, 3.8) is 0 Å². The SMILES string of the molecule is CC(C)Oc1ccc(Nc2ncc(Cl)c(NCC3CC3)n2)cc1. The van der Waals surface area contributed by atoms with Gasteiger partial charge in [-0.05, 0) is 56.9 Å². The first kappa shape index (κ1) is 15.9. The number of benzene rings is 1. The van der Waals surface area contributed by atoms with Gasteiger partial charge < -0.3 is 15.4 Å². The molecule has 0 unspecified atom stereocenters. The van der Waals surface area contributed by atoms with Gasteiger partial charge in [0.25, 0.3) is 0 Å². The van der Waals surface area contributed by atoms with Crippen molar-refractivity contribution in [2.75, 3.05) is 17.2 Å². The van der Waals surface area contributed by atoms with E-state index in [4.69, 9.17) is 16.3 Å². The predicted octanol–water partition coefficient (Wildman–Crippen LogP) is 4.48. The molecule has 1 fully saturated rings. The van der Waals surface area contributed by atoms with Gasteiger partial charge in [-0.15, -0.1) is 0 Å². The van der Waals surface area contributed by atoms with Gasteiger partial charge in [0, 0.05) is 12.2 Å². The van der Waals surface area contributed by atoms with E-state index >= 15 is 0 Å². The molecule has 0 bridgehead atoms. The van der Waals surface area contributed by atoms with E-state index in [1.807, 2.05) is 38.1 Å². The highest BCUT2D eigenvalue weighted by Crippen LogP contribution is 2.30. The Hall–Kier alpha value is -2.01. The number of nitrogens with zero attached hydrogens (tertiary/aromatic N) is 2. The summed E-state index contributed by atoms with van der Waals surface area (Å²) in [6.45, 7) is 4.92. The molecule has 2 N–H and O–H groups in total. The number of halogens is 1. The zero-order chi connectivity index (χ0) is 16.2. The molecule has 0 radical (unpaired) electrons. The number of rotatable bonds is 7. The first-order chi connectivity index (χ1) is 11.1. The summed E-state index contributed by atoms with van der Waals surface area (Å²) in [5, 5.41) is 7.01. The minimum atomic E-state index is 0.161. The number of hydrogen-bond acceptors (Lipinski definition) is 5. The number of anilines is 3. The van der Waals surface area contributed by atoms with Gasteiger partial charge in [-0.3, -0.25) is 0 Å². The Bertz CT molecular complexity index is 656. The molecule has 1 aromatic heterocycles. The average molecular weight is 333 g/mol. The van der Waals surface area contributed by atoms with Crippen LogP contribution >= 0.6 is 11.6 Å². The van der Waals surface area contributed by atoms with Crippen LogP contribution in [0.15, 0.2) is 30.5 Å². The van der Waals surface area contributed by atoms with Gasteiger partial charge in [0.15, 0.2) is 5.82 Å². The van der Waals surface area contributed by atoms with E-state index in [1.54, 1.807) is 6.20 Å². The third-order valence-corrected chi connectivity index (χ3v) is 3.76. The van der Waals surface area contributed by atoms with Gasteiger partial charge in [-0.2, -0.15) is 4.98 Å². The standard InChI is InChI=1S/C17H21ClN4O/c1-11(2)23-14-7-5-13(6-8-14)21-17-20-10-15(18)16(22-17)19-9-12-3-4-12/h5-8,10-12H,3-4,9H2,1-2H3,(H2,19,20,21,22). The fourth-order valence-corrected chi connectivity index (χ4v) is 2.29. The van der Waals surface area contributed by atoms with E-state index in [0.29, 0.717) is 16.8 Å². The highest BCUT2D eigenvalue weighted by atomic mass is 35.5. The Morgan fingerprint density at radius 3 is 2.65 bits per heavy atom. The largest absolute Gasteiger partial charge is 0.491 e. The number of ether oxygens (including phenoxy) is 1. The van der Waals surface area contributed by atoms with Crippen molar-refractivity contribution in [2.45, 2.75) is 32.8 Å². The van der Waals surface area contributed by atoms with E-state index < -0.39 is 0 Å². The van der Waals surface area contributed by atoms with Gasteiger partial charge in [-0.1, -0.05) is 11.6 Å². The van der Waals surface area contributed by atoms with Crippen LogP contribution in [0.5, 0.6) is 5.75 Å². The molecule has 1 aliphatic rings. The van der Waals surface area contributed by atoms with Gasteiger partial charge in [0.2, 0.25) is 5.95 Å². The molecular formula is C17H21ClN4O. The lowest BCUT2D eigenvalue weighted by Gasteiger charge is -2.11. The molecule has 1 aromatic carbocycles. The second-order valence-corrected chi connectivity index (χ2v) is 6.44. The summed E-state index contributed by atoms with van der Waals surface area (Å²) in [5.41, 5.74) is 0.900. The fraction of sp³-hybridized carbons (Fsp3) is 0.412. The number of aromatic nitrogens is 2. The summed E-state index contributed by atoms with van der Waals surface area (Å²) in [7, 11) is 0. The van der Waals surface area contributed by atoms with Crippen molar-refractivity contribution in [1.29, 1.82) is 0 Å². The maximum atomic E-state index is 6.14. The quantitative estimate of drug-likeness (QED) is 0.782. The third-order valence-electron chi connectivity index (χ3n) is 3.48. The minimum absolute atomic E-state index is 0.161. The lowest BCUT2D eigenvalue weighted by Crippen LogP contribution is -2.08. The van der Waals surface area contributed by atoms with Crippen molar-refractivity contribution in [2.24, 2.45) is 5.92 Å². The first-order valence-electron chi connectivity index (χ1n) is 7.90. The lowest BCUT2D eigenvalue weighted by atomic mass is 10.3. The first-order valence-corrected chi connectivity index (χ1v) is 8.28. The molecule has 0 saturated heterocycles. The van der Waals surface area contributed by atoms with Gasteiger partial charge >= 0.3 is 0 Å². The predicted molar refractivity (Wildman–Crippen MR) is 93.7 cm³/mol. The van der Waals surface area contributed by atoms with Crippen LogP contribution in [0.25, 0.3) is 0 Å². The molecule has 1 saturated carbocycles. The van der Waals surface area contributed by atoms with Crippen LogP contribution in [0.4, 0.5) is 17.5 Å². The van der Waals surface area contributed by atoms with E-state index in [9.17, 15) is 0 Å². The molecule has 2 aromatic rings. The van der Waals surface area contributed by atoms with Crippen LogP contribution in [0.2, 0.25) is 5.02 Å². The molecule has 23 heavy (non-hydrogen) atoms.